The lowest BCUT2D eigenvalue weighted by atomic mass is 9.92. The van der Waals surface area contributed by atoms with Crippen molar-refractivity contribution in [3.63, 3.8) is 0 Å². The molecule has 1 saturated carbocycles. The van der Waals surface area contributed by atoms with Gasteiger partial charge >= 0.3 is 0 Å². The molecule has 2 aliphatic carbocycles. The molecule has 2 amide bonds. The number of amides is 2. The number of allylic oxidation sites excluding steroid dienone is 1. The van der Waals surface area contributed by atoms with Gasteiger partial charge in [0.2, 0.25) is 11.8 Å². The maximum Gasteiger partial charge on any atom is 0.234 e. The highest BCUT2D eigenvalue weighted by molar-refractivity contribution is 6.05. The highest BCUT2D eigenvalue weighted by Gasteiger charge is 2.50. The van der Waals surface area contributed by atoms with E-state index < -0.39 is 0 Å². The van der Waals surface area contributed by atoms with E-state index in [4.69, 9.17) is 0 Å². The Labute approximate surface area is 88.9 Å². The van der Waals surface area contributed by atoms with Crippen molar-refractivity contribution in [2.24, 2.45) is 11.3 Å². The third kappa shape index (κ3) is 1.18. The molecule has 3 nitrogen and oxygen atoms in total. The highest BCUT2D eigenvalue weighted by Crippen LogP contribution is 2.61. The second kappa shape index (κ2) is 2.71. The normalized spacial score (nSPS) is 32.7. The van der Waals surface area contributed by atoms with Gasteiger partial charge in [0, 0.05) is 6.42 Å². The number of hydrogen-bond acceptors (Lipinski definition) is 2. The summed E-state index contributed by atoms with van der Waals surface area (Å²) in [5, 5.41) is 2.40. The lowest BCUT2D eigenvalue weighted by molar-refractivity contribution is -0.125. The molecule has 15 heavy (non-hydrogen) atoms. The van der Waals surface area contributed by atoms with Crippen molar-refractivity contribution in [3.8, 4) is 0 Å². The van der Waals surface area contributed by atoms with Gasteiger partial charge in [0.1, 0.15) is 0 Å². The molecule has 0 radical (unpaired) electrons. The Morgan fingerprint density at radius 2 is 2.00 bits per heavy atom. The Morgan fingerprint density at radius 1 is 1.27 bits per heavy atom. The fourth-order valence-corrected chi connectivity index (χ4v) is 3.14. The summed E-state index contributed by atoms with van der Waals surface area (Å²) in [4.78, 5) is 22.7. The molecule has 0 bridgehead atoms. The average molecular weight is 205 g/mol. The maximum atomic E-state index is 11.6. The van der Waals surface area contributed by atoms with Gasteiger partial charge in [-0.3, -0.25) is 14.9 Å². The highest BCUT2D eigenvalue weighted by atomic mass is 16.2. The summed E-state index contributed by atoms with van der Waals surface area (Å²) in [6.45, 7) is 2.16. The fraction of sp³-hybridized carbons (Fsp3) is 0.667. The van der Waals surface area contributed by atoms with Gasteiger partial charge in [-0.15, -0.1) is 0 Å². The van der Waals surface area contributed by atoms with Crippen LogP contribution in [-0.2, 0) is 9.59 Å². The Kier molecular flexibility index (Phi) is 1.65. The van der Waals surface area contributed by atoms with Crippen molar-refractivity contribution >= 4 is 11.8 Å². The second-order valence-corrected chi connectivity index (χ2v) is 5.10. The topological polar surface area (TPSA) is 46.2 Å². The monoisotopic (exact) mass is 205 g/mol. The summed E-state index contributed by atoms with van der Waals surface area (Å²) >= 11 is 0. The van der Waals surface area contributed by atoms with Gasteiger partial charge in [0.15, 0.2) is 0 Å². The van der Waals surface area contributed by atoms with Gasteiger partial charge in [-0.25, -0.2) is 0 Å². The molecule has 3 rings (SSSR count). The van der Waals surface area contributed by atoms with Crippen molar-refractivity contribution in [1.29, 1.82) is 0 Å². The minimum absolute atomic E-state index is 0.0768. The van der Waals surface area contributed by atoms with Crippen LogP contribution in [0.25, 0.3) is 0 Å². The van der Waals surface area contributed by atoms with Gasteiger partial charge in [-0.05, 0) is 38.0 Å². The summed E-state index contributed by atoms with van der Waals surface area (Å²) in [7, 11) is 0. The molecule has 1 aliphatic heterocycles. The molecule has 1 spiro atoms. The SMILES string of the molecule is CC1=C(C2CC(=O)NC2=O)CCC12CC2. The molecule has 80 valence electrons. The first-order valence-electron chi connectivity index (χ1n) is 5.66. The summed E-state index contributed by atoms with van der Waals surface area (Å²) in [6.07, 6.45) is 5.17. The molecule has 3 heteroatoms. The van der Waals surface area contributed by atoms with Crippen molar-refractivity contribution in [2.45, 2.75) is 39.0 Å². The Morgan fingerprint density at radius 3 is 2.47 bits per heavy atom. The van der Waals surface area contributed by atoms with Crippen molar-refractivity contribution in [2.75, 3.05) is 0 Å². The van der Waals surface area contributed by atoms with E-state index in [-0.39, 0.29) is 17.7 Å². The first kappa shape index (κ1) is 9.13. The largest absolute Gasteiger partial charge is 0.296 e. The Hall–Kier alpha value is -1.12. The smallest absolute Gasteiger partial charge is 0.234 e. The van der Waals surface area contributed by atoms with Gasteiger partial charge in [-0.2, -0.15) is 0 Å². The second-order valence-electron chi connectivity index (χ2n) is 5.10. The number of hydrogen-bond donors (Lipinski definition) is 1. The van der Waals surface area contributed by atoms with E-state index in [1.807, 2.05) is 0 Å². The third-order valence-electron chi connectivity index (χ3n) is 4.39. The number of rotatable bonds is 1. The van der Waals surface area contributed by atoms with Crippen LogP contribution in [0.15, 0.2) is 11.1 Å². The zero-order chi connectivity index (χ0) is 10.6. The molecule has 2 fully saturated rings. The molecular weight excluding hydrogens is 190 g/mol. The van der Waals surface area contributed by atoms with Crippen LogP contribution < -0.4 is 5.32 Å². The first-order valence-corrected chi connectivity index (χ1v) is 5.66. The zero-order valence-electron chi connectivity index (χ0n) is 8.93. The van der Waals surface area contributed by atoms with Crippen LogP contribution in [0.4, 0.5) is 0 Å². The molecule has 0 aromatic carbocycles. The predicted molar refractivity (Wildman–Crippen MR) is 54.9 cm³/mol. The van der Waals surface area contributed by atoms with E-state index in [0.717, 1.165) is 6.42 Å². The summed E-state index contributed by atoms with van der Waals surface area (Å²) < 4.78 is 0. The Balaban J connectivity index is 1.92. The van der Waals surface area contributed by atoms with E-state index in [0.29, 0.717) is 11.8 Å². The van der Waals surface area contributed by atoms with Crippen molar-refractivity contribution < 1.29 is 9.59 Å². The van der Waals surface area contributed by atoms with E-state index >= 15 is 0 Å². The van der Waals surface area contributed by atoms with Crippen molar-refractivity contribution in [3.05, 3.63) is 11.1 Å². The molecule has 0 aromatic heterocycles. The van der Waals surface area contributed by atoms with Crippen LogP contribution >= 0.6 is 0 Å². The molecular formula is C12H15NO2. The number of imide groups is 1. The number of carbonyl (C=O) groups excluding carboxylic acids is 2. The van der Waals surface area contributed by atoms with Gasteiger partial charge in [0.05, 0.1) is 5.92 Å². The molecule has 1 N–H and O–H groups in total. The van der Waals surface area contributed by atoms with Crippen LogP contribution in [-0.4, -0.2) is 11.8 Å². The Bertz CT molecular complexity index is 390. The van der Waals surface area contributed by atoms with Crippen LogP contribution in [0.1, 0.15) is 39.0 Å². The lowest BCUT2D eigenvalue weighted by Crippen LogP contribution is -2.22. The van der Waals surface area contributed by atoms with E-state index in [1.54, 1.807) is 0 Å². The fourth-order valence-electron chi connectivity index (χ4n) is 3.14. The molecule has 1 saturated heterocycles. The van der Waals surface area contributed by atoms with Crippen LogP contribution in [0.5, 0.6) is 0 Å². The van der Waals surface area contributed by atoms with Crippen molar-refractivity contribution in [1.82, 2.24) is 5.32 Å². The molecule has 3 aliphatic rings. The van der Waals surface area contributed by atoms with Gasteiger partial charge < -0.3 is 0 Å². The molecule has 0 aromatic rings. The number of nitrogens with one attached hydrogen (secondary N) is 1. The summed E-state index contributed by atoms with van der Waals surface area (Å²) in [5.41, 5.74) is 3.12. The quantitative estimate of drug-likeness (QED) is 0.521. The molecule has 1 atom stereocenters. The lowest BCUT2D eigenvalue weighted by Gasteiger charge is -2.10. The van der Waals surface area contributed by atoms with E-state index in [1.165, 1.54) is 30.4 Å². The van der Waals surface area contributed by atoms with Crippen LogP contribution in [0, 0.1) is 11.3 Å². The van der Waals surface area contributed by atoms with Crippen LogP contribution in [0.3, 0.4) is 0 Å². The van der Waals surface area contributed by atoms with E-state index in [9.17, 15) is 9.59 Å². The maximum absolute atomic E-state index is 11.6. The van der Waals surface area contributed by atoms with Gasteiger partial charge in [0.25, 0.3) is 0 Å². The molecule has 1 heterocycles. The third-order valence-corrected chi connectivity index (χ3v) is 4.39. The van der Waals surface area contributed by atoms with Gasteiger partial charge in [-0.1, -0.05) is 11.1 Å². The van der Waals surface area contributed by atoms with E-state index in [2.05, 4.69) is 12.2 Å². The first-order chi connectivity index (χ1) is 7.12. The molecule has 1 unspecified atom stereocenters. The summed E-state index contributed by atoms with van der Waals surface area (Å²) in [6, 6.07) is 0. The number of carbonyl (C=O) groups is 2. The minimum Gasteiger partial charge on any atom is -0.296 e. The summed E-state index contributed by atoms with van der Waals surface area (Å²) in [5.74, 6) is -0.327. The zero-order valence-corrected chi connectivity index (χ0v) is 8.93. The minimum atomic E-state index is -0.141. The van der Waals surface area contributed by atoms with Crippen LogP contribution in [0.2, 0.25) is 0 Å². The predicted octanol–water partition coefficient (Wildman–Crippen LogP) is 1.54. The standard InChI is InChI=1S/C12H15NO2/c1-7-8(2-3-12(7)4-5-12)9-6-10(14)13-11(9)15/h9H,2-6H2,1H3,(H,13,14,15). The average Bonchev–Trinajstić information content (AvgIpc) is 2.80.